The lowest BCUT2D eigenvalue weighted by molar-refractivity contribution is 0.216. The molecule has 0 spiro atoms. The number of nitrogens with two attached hydrogens (primary N) is 1. The zero-order valence-corrected chi connectivity index (χ0v) is 10.6. The Morgan fingerprint density at radius 3 is 2.65 bits per heavy atom. The molecule has 17 heavy (non-hydrogen) atoms. The Hall–Kier alpha value is -1.73. The predicted octanol–water partition coefficient (Wildman–Crippen LogP) is 1.54. The van der Waals surface area contributed by atoms with Crippen LogP contribution in [0, 0.1) is 11.3 Å². The average Bonchev–Trinajstić information content (AvgIpc) is 2.31. The Kier molecular flexibility index (Phi) is 3.97. The van der Waals surface area contributed by atoms with Crippen LogP contribution in [0.25, 0.3) is 0 Å². The van der Waals surface area contributed by atoms with Crippen LogP contribution >= 0.6 is 0 Å². The number of aliphatic hydroxyl groups is 1. The summed E-state index contributed by atoms with van der Waals surface area (Å²) in [7, 11) is 1.91. The molecular formula is C13H19N3O. The number of nitrogens with zero attached hydrogens (tertiary/aromatic N) is 2. The Morgan fingerprint density at radius 2 is 2.12 bits per heavy atom. The monoisotopic (exact) mass is 233 g/mol. The third-order valence-corrected chi connectivity index (χ3v) is 3.08. The summed E-state index contributed by atoms with van der Waals surface area (Å²) in [4.78, 5) is 1.98. The van der Waals surface area contributed by atoms with Crippen molar-refractivity contribution >= 4 is 11.4 Å². The van der Waals surface area contributed by atoms with Gasteiger partial charge >= 0.3 is 0 Å². The van der Waals surface area contributed by atoms with E-state index in [1.807, 2.05) is 37.9 Å². The highest BCUT2D eigenvalue weighted by Gasteiger charge is 2.23. The second kappa shape index (κ2) is 5.07. The third-order valence-electron chi connectivity index (χ3n) is 3.08. The number of nitriles is 1. The van der Waals surface area contributed by atoms with Gasteiger partial charge in [0, 0.05) is 18.4 Å². The van der Waals surface area contributed by atoms with Crippen molar-refractivity contribution in [2.24, 2.45) is 0 Å². The van der Waals surface area contributed by atoms with E-state index < -0.39 is 0 Å². The van der Waals surface area contributed by atoms with Crippen LogP contribution in [0.2, 0.25) is 0 Å². The van der Waals surface area contributed by atoms with Crippen molar-refractivity contribution < 1.29 is 5.11 Å². The van der Waals surface area contributed by atoms with E-state index in [0.717, 1.165) is 11.3 Å². The molecule has 0 aliphatic carbocycles. The van der Waals surface area contributed by atoms with E-state index in [-0.39, 0.29) is 12.1 Å². The highest BCUT2D eigenvalue weighted by Crippen LogP contribution is 2.25. The molecule has 1 rings (SSSR count). The lowest BCUT2D eigenvalue weighted by atomic mass is 10.0. The standard InChI is InChI=1S/C13H19N3O/c1-13(2,9-17)16(3)11-4-5-12(15)10(8-11)6-7-14/h4-5,8,17H,6,9,15H2,1-3H3. The van der Waals surface area contributed by atoms with Crippen LogP contribution in [0.1, 0.15) is 19.4 Å². The predicted molar refractivity (Wildman–Crippen MR) is 69.7 cm³/mol. The van der Waals surface area contributed by atoms with E-state index in [0.29, 0.717) is 12.1 Å². The Labute approximate surface area is 102 Å². The summed E-state index contributed by atoms with van der Waals surface area (Å²) in [5, 5.41) is 18.1. The van der Waals surface area contributed by atoms with E-state index in [4.69, 9.17) is 11.0 Å². The first-order valence-electron chi connectivity index (χ1n) is 5.52. The van der Waals surface area contributed by atoms with Gasteiger partial charge in [0.25, 0.3) is 0 Å². The molecule has 4 heteroatoms. The molecule has 0 aliphatic rings. The summed E-state index contributed by atoms with van der Waals surface area (Å²) in [6.07, 6.45) is 0.299. The molecule has 0 heterocycles. The maximum absolute atomic E-state index is 9.33. The molecule has 92 valence electrons. The van der Waals surface area contributed by atoms with Crippen LogP contribution in [-0.4, -0.2) is 24.3 Å². The molecular weight excluding hydrogens is 214 g/mol. The zero-order chi connectivity index (χ0) is 13.1. The molecule has 0 saturated carbocycles. The molecule has 0 saturated heterocycles. The lowest BCUT2D eigenvalue weighted by Gasteiger charge is -2.36. The number of benzene rings is 1. The molecule has 0 bridgehead atoms. The molecule has 0 fully saturated rings. The fourth-order valence-corrected chi connectivity index (χ4v) is 1.49. The third kappa shape index (κ3) is 2.89. The van der Waals surface area contributed by atoms with Crippen LogP contribution in [0.3, 0.4) is 0 Å². The van der Waals surface area contributed by atoms with Crippen molar-refractivity contribution in [3.8, 4) is 6.07 Å². The molecule has 0 aliphatic heterocycles. The first-order chi connectivity index (χ1) is 7.92. The van der Waals surface area contributed by atoms with Gasteiger partial charge in [0.15, 0.2) is 0 Å². The van der Waals surface area contributed by atoms with E-state index in [9.17, 15) is 5.11 Å². The van der Waals surface area contributed by atoms with Gasteiger partial charge in [0.05, 0.1) is 24.6 Å². The quantitative estimate of drug-likeness (QED) is 0.774. The van der Waals surface area contributed by atoms with Crippen molar-refractivity contribution in [2.75, 3.05) is 24.3 Å². The summed E-state index contributed by atoms with van der Waals surface area (Å²) in [5.74, 6) is 0. The van der Waals surface area contributed by atoms with E-state index in [1.54, 1.807) is 6.07 Å². The van der Waals surface area contributed by atoms with Crippen LogP contribution in [-0.2, 0) is 6.42 Å². The van der Waals surface area contributed by atoms with Crippen LogP contribution in [0.15, 0.2) is 18.2 Å². The first-order valence-corrected chi connectivity index (χ1v) is 5.52. The van der Waals surface area contributed by atoms with E-state index >= 15 is 0 Å². The van der Waals surface area contributed by atoms with Crippen molar-refractivity contribution in [1.29, 1.82) is 5.26 Å². The maximum atomic E-state index is 9.33. The van der Waals surface area contributed by atoms with Gasteiger partial charge < -0.3 is 15.7 Å². The summed E-state index contributed by atoms with van der Waals surface area (Å²) < 4.78 is 0. The Bertz CT molecular complexity index is 435. The second-order valence-corrected chi connectivity index (χ2v) is 4.75. The highest BCUT2D eigenvalue weighted by molar-refractivity contribution is 5.59. The van der Waals surface area contributed by atoms with Gasteiger partial charge in [-0.2, -0.15) is 5.26 Å². The second-order valence-electron chi connectivity index (χ2n) is 4.75. The highest BCUT2D eigenvalue weighted by atomic mass is 16.3. The fraction of sp³-hybridized carbons (Fsp3) is 0.462. The number of likely N-dealkylation sites (N-methyl/N-ethyl adjacent to an activating group) is 1. The SMILES string of the molecule is CN(c1ccc(N)c(CC#N)c1)C(C)(C)CO. The van der Waals surface area contributed by atoms with Crippen molar-refractivity contribution in [1.82, 2.24) is 0 Å². The molecule has 0 unspecified atom stereocenters. The molecule has 0 radical (unpaired) electrons. The summed E-state index contributed by atoms with van der Waals surface area (Å²) in [5.41, 5.74) is 7.85. The lowest BCUT2D eigenvalue weighted by Crippen LogP contribution is -2.44. The van der Waals surface area contributed by atoms with Gasteiger partial charge in [-0.3, -0.25) is 0 Å². The minimum atomic E-state index is -0.347. The molecule has 3 N–H and O–H groups in total. The number of nitrogen functional groups attached to an aromatic ring is 1. The van der Waals surface area contributed by atoms with Crippen molar-refractivity contribution in [3.05, 3.63) is 23.8 Å². The minimum Gasteiger partial charge on any atom is -0.398 e. The van der Waals surface area contributed by atoms with Crippen LogP contribution < -0.4 is 10.6 Å². The maximum Gasteiger partial charge on any atom is 0.0670 e. The van der Waals surface area contributed by atoms with Crippen LogP contribution in [0.5, 0.6) is 0 Å². The first kappa shape index (κ1) is 13.3. The van der Waals surface area contributed by atoms with E-state index in [2.05, 4.69) is 6.07 Å². The van der Waals surface area contributed by atoms with Gasteiger partial charge in [-0.15, -0.1) is 0 Å². The molecule has 0 atom stereocenters. The number of anilines is 2. The minimum absolute atomic E-state index is 0.0570. The van der Waals surface area contributed by atoms with Gasteiger partial charge in [-0.1, -0.05) is 0 Å². The van der Waals surface area contributed by atoms with Gasteiger partial charge in [-0.25, -0.2) is 0 Å². The fourth-order valence-electron chi connectivity index (χ4n) is 1.49. The number of hydrogen-bond acceptors (Lipinski definition) is 4. The molecule has 0 amide bonds. The zero-order valence-electron chi connectivity index (χ0n) is 10.6. The Morgan fingerprint density at radius 1 is 1.47 bits per heavy atom. The van der Waals surface area contributed by atoms with E-state index in [1.165, 1.54) is 0 Å². The van der Waals surface area contributed by atoms with Crippen molar-refractivity contribution in [2.45, 2.75) is 25.8 Å². The molecule has 1 aromatic carbocycles. The summed E-state index contributed by atoms with van der Waals surface area (Å²) in [6.45, 7) is 3.96. The van der Waals surface area contributed by atoms with Gasteiger partial charge in [0.2, 0.25) is 0 Å². The normalized spacial score (nSPS) is 11.0. The van der Waals surface area contributed by atoms with Crippen molar-refractivity contribution in [3.63, 3.8) is 0 Å². The summed E-state index contributed by atoms with van der Waals surface area (Å²) in [6, 6.07) is 7.69. The van der Waals surface area contributed by atoms with Gasteiger partial charge in [0.1, 0.15) is 0 Å². The smallest absolute Gasteiger partial charge is 0.0670 e. The number of rotatable bonds is 4. The van der Waals surface area contributed by atoms with Gasteiger partial charge in [-0.05, 0) is 37.6 Å². The Balaban J connectivity index is 3.08. The van der Waals surface area contributed by atoms with Crippen LogP contribution in [0.4, 0.5) is 11.4 Å². The number of aliphatic hydroxyl groups excluding tert-OH is 1. The molecule has 4 nitrogen and oxygen atoms in total. The molecule has 0 aromatic heterocycles. The summed E-state index contributed by atoms with van der Waals surface area (Å²) >= 11 is 0. The number of hydrogen-bond donors (Lipinski definition) is 2. The largest absolute Gasteiger partial charge is 0.398 e. The average molecular weight is 233 g/mol. The topological polar surface area (TPSA) is 73.3 Å². The molecule has 1 aromatic rings.